The van der Waals surface area contributed by atoms with Gasteiger partial charge in [0.1, 0.15) is 11.6 Å². The molecule has 4 nitrogen and oxygen atoms in total. The first-order valence-corrected chi connectivity index (χ1v) is 8.54. The van der Waals surface area contributed by atoms with Crippen molar-refractivity contribution in [1.82, 2.24) is 10.2 Å². The summed E-state index contributed by atoms with van der Waals surface area (Å²) in [6, 6.07) is 3.41. The molecule has 6 heteroatoms. The van der Waals surface area contributed by atoms with E-state index in [1.807, 2.05) is 0 Å². The summed E-state index contributed by atoms with van der Waals surface area (Å²) in [4.78, 5) is 13.8. The minimum absolute atomic E-state index is 0.130. The maximum Gasteiger partial charge on any atom is 0.317 e. The first-order chi connectivity index (χ1) is 11.4. The van der Waals surface area contributed by atoms with Crippen molar-refractivity contribution in [3.63, 3.8) is 0 Å². The Bertz CT molecular complexity index is 619. The highest BCUT2D eigenvalue weighted by Gasteiger charge is 2.46. The Balaban J connectivity index is 1.55. The van der Waals surface area contributed by atoms with E-state index in [9.17, 15) is 18.7 Å². The molecule has 2 fully saturated rings. The number of amides is 2. The van der Waals surface area contributed by atoms with Gasteiger partial charge in [-0.3, -0.25) is 0 Å². The van der Waals surface area contributed by atoms with Crippen LogP contribution in [0.1, 0.15) is 37.7 Å². The highest BCUT2D eigenvalue weighted by Crippen LogP contribution is 2.48. The van der Waals surface area contributed by atoms with Crippen LogP contribution in [0.25, 0.3) is 0 Å². The van der Waals surface area contributed by atoms with Crippen LogP contribution in [-0.4, -0.2) is 42.3 Å². The molecule has 2 unspecified atom stereocenters. The van der Waals surface area contributed by atoms with Gasteiger partial charge in [0, 0.05) is 37.5 Å². The smallest absolute Gasteiger partial charge is 0.317 e. The zero-order valence-electron chi connectivity index (χ0n) is 13.9. The molecule has 24 heavy (non-hydrogen) atoms. The molecule has 2 atom stereocenters. The topological polar surface area (TPSA) is 52.6 Å². The van der Waals surface area contributed by atoms with Crippen molar-refractivity contribution in [1.29, 1.82) is 0 Å². The molecule has 2 aliphatic carbocycles. The van der Waals surface area contributed by atoms with Crippen molar-refractivity contribution in [3.05, 3.63) is 35.4 Å². The van der Waals surface area contributed by atoms with E-state index in [2.05, 4.69) is 5.32 Å². The molecular formula is C18H24F2N2O2. The second-order valence-corrected chi connectivity index (χ2v) is 7.20. The molecule has 0 bridgehead atoms. The van der Waals surface area contributed by atoms with Gasteiger partial charge in [0.05, 0.1) is 6.10 Å². The van der Waals surface area contributed by atoms with Crippen LogP contribution in [0.5, 0.6) is 0 Å². The van der Waals surface area contributed by atoms with Crippen molar-refractivity contribution in [3.8, 4) is 0 Å². The first-order valence-electron chi connectivity index (χ1n) is 8.54. The van der Waals surface area contributed by atoms with E-state index in [0.717, 1.165) is 38.2 Å². The monoisotopic (exact) mass is 338 g/mol. The van der Waals surface area contributed by atoms with Gasteiger partial charge in [-0.2, -0.15) is 0 Å². The molecule has 0 aromatic heterocycles. The number of aliphatic hydroxyl groups is 1. The lowest BCUT2D eigenvalue weighted by atomic mass is 9.95. The van der Waals surface area contributed by atoms with Crippen molar-refractivity contribution >= 4 is 6.03 Å². The quantitative estimate of drug-likeness (QED) is 0.867. The lowest BCUT2D eigenvalue weighted by Gasteiger charge is -2.25. The number of aliphatic hydroxyl groups excluding tert-OH is 1. The summed E-state index contributed by atoms with van der Waals surface area (Å²) in [6.07, 6.45) is 3.95. The normalized spacial score (nSPS) is 24.7. The van der Waals surface area contributed by atoms with Crippen LogP contribution >= 0.6 is 0 Å². The lowest BCUT2D eigenvalue weighted by molar-refractivity contribution is 0.114. The molecule has 2 amide bonds. The zero-order valence-corrected chi connectivity index (χ0v) is 13.9. The number of carbonyl (C=O) groups excluding carboxylic acids is 1. The first kappa shape index (κ1) is 17.1. The summed E-state index contributed by atoms with van der Waals surface area (Å²) >= 11 is 0. The van der Waals surface area contributed by atoms with Crippen LogP contribution in [-0.2, 0) is 5.41 Å². The maximum absolute atomic E-state index is 14.0. The summed E-state index contributed by atoms with van der Waals surface area (Å²) in [6.45, 7) is 0.858. The van der Waals surface area contributed by atoms with Crippen LogP contribution in [0.2, 0.25) is 0 Å². The average Bonchev–Trinajstić information content (AvgIpc) is 3.22. The van der Waals surface area contributed by atoms with Crippen molar-refractivity contribution in [2.75, 3.05) is 20.1 Å². The second kappa shape index (κ2) is 6.67. The third-order valence-corrected chi connectivity index (χ3v) is 5.41. The third-order valence-electron chi connectivity index (χ3n) is 5.41. The SMILES string of the molecule is CN(CC1CCCC1O)C(=O)NCC1(c2ccc(F)cc2F)CC1. The number of urea groups is 1. The number of hydrogen-bond donors (Lipinski definition) is 2. The van der Waals surface area contributed by atoms with Crippen LogP contribution < -0.4 is 5.32 Å². The van der Waals surface area contributed by atoms with Gasteiger partial charge >= 0.3 is 6.03 Å². The van der Waals surface area contributed by atoms with E-state index >= 15 is 0 Å². The largest absolute Gasteiger partial charge is 0.393 e. The van der Waals surface area contributed by atoms with Crippen LogP contribution in [0.3, 0.4) is 0 Å². The molecule has 0 radical (unpaired) electrons. The average molecular weight is 338 g/mol. The fourth-order valence-corrected chi connectivity index (χ4v) is 3.66. The number of nitrogens with one attached hydrogen (secondary N) is 1. The highest BCUT2D eigenvalue weighted by molar-refractivity contribution is 5.74. The summed E-state index contributed by atoms with van der Waals surface area (Å²) < 4.78 is 27.1. The highest BCUT2D eigenvalue weighted by atomic mass is 19.1. The van der Waals surface area contributed by atoms with E-state index in [-0.39, 0.29) is 18.1 Å². The number of hydrogen-bond acceptors (Lipinski definition) is 2. The van der Waals surface area contributed by atoms with E-state index in [1.54, 1.807) is 11.9 Å². The molecule has 2 saturated carbocycles. The Morgan fingerprint density at radius 3 is 2.71 bits per heavy atom. The van der Waals surface area contributed by atoms with Crippen molar-refractivity contribution in [2.24, 2.45) is 5.92 Å². The Kier molecular flexibility index (Phi) is 4.76. The summed E-state index contributed by atoms with van der Waals surface area (Å²) in [7, 11) is 1.71. The van der Waals surface area contributed by atoms with Gasteiger partial charge in [-0.1, -0.05) is 12.5 Å². The fraction of sp³-hybridized carbons (Fsp3) is 0.611. The Morgan fingerprint density at radius 2 is 2.12 bits per heavy atom. The number of halogens is 2. The van der Waals surface area contributed by atoms with Gasteiger partial charge in [-0.25, -0.2) is 13.6 Å². The molecule has 1 aromatic rings. The standard InChI is InChI=1S/C18H24F2N2O2/c1-22(10-12-3-2-4-16(12)23)17(24)21-11-18(7-8-18)14-6-5-13(19)9-15(14)20/h5-6,9,12,16,23H,2-4,7-8,10-11H2,1H3,(H,21,24). The Morgan fingerprint density at radius 1 is 1.38 bits per heavy atom. The van der Waals surface area contributed by atoms with Crippen LogP contribution in [0.4, 0.5) is 13.6 Å². The molecular weight excluding hydrogens is 314 g/mol. The number of carbonyl (C=O) groups is 1. The predicted octanol–water partition coefficient (Wildman–Crippen LogP) is 2.80. The van der Waals surface area contributed by atoms with Gasteiger partial charge in [0.25, 0.3) is 0 Å². The summed E-state index contributed by atoms with van der Waals surface area (Å²) in [5, 5.41) is 12.7. The summed E-state index contributed by atoms with van der Waals surface area (Å²) in [5.41, 5.74) is 0.0549. The maximum atomic E-state index is 14.0. The number of benzene rings is 1. The van der Waals surface area contributed by atoms with Gasteiger partial charge in [-0.15, -0.1) is 0 Å². The lowest BCUT2D eigenvalue weighted by Crippen LogP contribution is -2.43. The van der Waals surface area contributed by atoms with Crippen LogP contribution in [0, 0.1) is 17.6 Å². The van der Waals surface area contributed by atoms with E-state index in [4.69, 9.17) is 0 Å². The number of nitrogens with zero attached hydrogens (tertiary/aromatic N) is 1. The minimum atomic E-state index is -0.592. The van der Waals surface area contributed by atoms with Crippen molar-refractivity contribution in [2.45, 2.75) is 43.6 Å². The van der Waals surface area contributed by atoms with Gasteiger partial charge in [0.15, 0.2) is 0 Å². The predicted molar refractivity (Wildman–Crippen MR) is 86.6 cm³/mol. The summed E-state index contributed by atoms with van der Waals surface area (Å²) in [5.74, 6) is -1.01. The molecule has 132 valence electrons. The van der Waals surface area contributed by atoms with E-state index in [0.29, 0.717) is 18.7 Å². The fourth-order valence-electron chi connectivity index (χ4n) is 3.66. The van der Waals surface area contributed by atoms with Crippen LogP contribution in [0.15, 0.2) is 18.2 Å². The van der Waals surface area contributed by atoms with E-state index in [1.165, 1.54) is 12.1 Å². The molecule has 0 spiro atoms. The molecule has 3 rings (SSSR count). The second-order valence-electron chi connectivity index (χ2n) is 7.20. The minimum Gasteiger partial charge on any atom is -0.393 e. The molecule has 1 aromatic carbocycles. The number of rotatable bonds is 5. The van der Waals surface area contributed by atoms with Gasteiger partial charge in [0.2, 0.25) is 0 Å². The third kappa shape index (κ3) is 3.53. The zero-order chi connectivity index (χ0) is 17.3. The molecule has 0 saturated heterocycles. The Hall–Kier alpha value is -1.69. The molecule has 0 aliphatic heterocycles. The molecule has 0 heterocycles. The Labute approximate surface area is 140 Å². The van der Waals surface area contributed by atoms with Gasteiger partial charge in [-0.05, 0) is 37.3 Å². The van der Waals surface area contributed by atoms with Gasteiger partial charge < -0.3 is 15.3 Å². The van der Waals surface area contributed by atoms with E-state index < -0.39 is 17.0 Å². The van der Waals surface area contributed by atoms with Crippen molar-refractivity contribution < 1.29 is 18.7 Å². The molecule has 2 N–H and O–H groups in total. The molecule has 2 aliphatic rings.